The van der Waals surface area contributed by atoms with Crippen molar-refractivity contribution in [2.75, 3.05) is 30.1 Å². The standard InChI is InChI=1S/C16H20N4O3S2/c1-10(2)13(21)17-12-6-4-5-11(9-12)14(22)18-15-19-20-16(25-15)24-8-7-23-3/h4-6,9-10H,7-8H2,1-3H3,(H,17,21)(H,18,19,22). The molecule has 0 unspecified atom stereocenters. The second-order valence-corrected chi connectivity index (χ2v) is 7.71. The van der Waals surface area contributed by atoms with Crippen LogP contribution < -0.4 is 10.6 Å². The minimum absolute atomic E-state index is 0.0978. The van der Waals surface area contributed by atoms with Crippen molar-refractivity contribution >= 4 is 45.7 Å². The third-order valence-electron chi connectivity index (χ3n) is 3.06. The number of nitrogens with zero attached hydrogens (tertiary/aromatic N) is 2. The molecule has 1 aromatic carbocycles. The van der Waals surface area contributed by atoms with Crippen molar-refractivity contribution in [2.45, 2.75) is 18.2 Å². The predicted molar refractivity (Wildman–Crippen MR) is 100 cm³/mol. The van der Waals surface area contributed by atoms with Gasteiger partial charge in [0.25, 0.3) is 5.91 Å². The number of anilines is 2. The lowest BCUT2D eigenvalue weighted by Gasteiger charge is -2.09. The highest BCUT2D eigenvalue weighted by Gasteiger charge is 2.12. The van der Waals surface area contributed by atoms with Gasteiger partial charge in [0.15, 0.2) is 4.34 Å². The Kier molecular flexibility index (Phi) is 7.35. The summed E-state index contributed by atoms with van der Waals surface area (Å²) in [5.74, 6) is 0.244. The fraction of sp³-hybridized carbons (Fsp3) is 0.375. The Labute approximate surface area is 154 Å². The molecule has 0 radical (unpaired) electrons. The molecular formula is C16H20N4O3S2. The largest absolute Gasteiger partial charge is 0.384 e. The molecule has 1 heterocycles. The van der Waals surface area contributed by atoms with Gasteiger partial charge in [-0.25, -0.2) is 0 Å². The number of rotatable bonds is 8. The SMILES string of the molecule is COCCSc1nnc(NC(=O)c2cccc(NC(=O)C(C)C)c2)s1. The molecule has 0 spiro atoms. The van der Waals surface area contributed by atoms with Gasteiger partial charge in [-0.2, -0.15) is 0 Å². The van der Waals surface area contributed by atoms with Crippen molar-refractivity contribution in [3.63, 3.8) is 0 Å². The number of benzene rings is 1. The van der Waals surface area contributed by atoms with E-state index in [1.54, 1.807) is 31.4 Å². The maximum atomic E-state index is 12.3. The van der Waals surface area contributed by atoms with Crippen molar-refractivity contribution < 1.29 is 14.3 Å². The zero-order valence-corrected chi connectivity index (χ0v) is 15.9. The van der Waals surface area contributed by atoms with E-state index < -0.39 is 0 Å². The van der Waals surface area contributed by atoms with Crippen molar-refractivity contribution in [1.82, 2.24) is 10.2 Å². The molecule has 2 N–H and O–H groups in total. The Morgan fingerprint density at radius 1 is 1.28 bits per heavy atom. The molecule has 0 atom stereocenters. The minimum Gasteiger partial charge on any atom is -0.384 e. The fourth-order valence-corrected chi connectivity index (χ4v) is 3.44. The summed E-state index contributed by atoms with van der Waals surface area (Å²) < 4.78 is 5.75. The number of ether oxygens (including phenoxy) is 1. The number of aromatic nitrogens is 2. The van der Waals surface area contributed by atoms with Crippen molar-refractivity contribution in [1.29, 1.82) is 0 Å². The van der Waals surface area contributed by atoms with Gasteiger partial charge in [-0.1, -0.05) is 43.0 Å². The highest BCUT2D eigenvalue weighted by atomic mass is 32.2. The topological polar surface area (TPSA) is 93.2 Å². The van der Waals surface area contributed by atoms with Crippen molar-refractivity contribution in [2.24, 2.45) is 5.92 Å². The van der Waals surface area contributed by atoms with Gasteiger partial charge in [0.05, 0.1) is 6.61 Å². The smallest absolute Gasteiger partial charge is 0.257 e. The average molecular weight is 380 g/mol. The quantitative estimate of drug-likeness (QED) is 0.415. The molecule has 0 fully saturated rings. The zero-order valence-electron chi connectivity index (χ0n) is 14.2. The van der Waals surface area contributed by atoms with E-state index in [-0.39, 0.29) is 17.7 Å². The summed E-state index contributed by atoms with van der Waals surface area (Å²) in [7, 11) is 1.64. The van der Waals surface area contributed by atoms with Crippen LogP contribution in [0.5, 0.6) is 0 Å². The fourth-order valence-electron chi connectivity index (χ4n) is 1.72. The molecule has 0 aliphatic heterocycles. The number of hydrogen-bond acceptors (Lipinski definition) is 7. The summed E-state index contributed by atoms with van der Waals surface area (Å²) in [5.41, 5.74) is 1.02. The van der Waals surface area contributed by atoms with E-state index >= 15 is 0 Å². The minimum atomic E-state index is -0.301. The zero-order chi connectivity index (χ0) is 18.2. The summed E-state index contributed by atoms with van der Waals surface area (Å²) in [5, 5.41) is 13.9. The van der Waals surface area contributed by atoms with E-state index in [2.05, 4.69) is 20.8 Å². The van der Waals surface area contributed by atoms with E-state index in [1.165, 1.54) is 23.1 Å². The predicted octanol–water partition coefficient (Wildman–Crippen LogP) is 3.12. The van der Waals surface area contributed by atoms with Crippen LogP contribution in [-0.2, 0) is 9.53 Å². The van der Waals surface area contributed by atoms with Crippen LogP contribution in [-0.4, -0.2) is 41.5 Å². The molecule has 2 amide bonds. The number of nitrogens with one attached hydrogen (secondary N) is 2. The van der Waals surface area contributed by atoms with Gasteiger partial charge < -0.3 is 10.1 Å². The van der Waals surface area contributed by atoms with E-state index in [4.69, 9.17) is 4.74 Å². The first-order valence-electron chi connectivity index (χ1n) is 7.67. The van der Waals surface area contributed by atoms with E-state index in [1.807, 2.05) is 13.8 Å². The molecule has 0 aliphatic carbocycles. The van der Waals surface area contributed by atoms with Crippen LogP contribution in [0.1, 0.15) is 24.2 Å². The third-order valence-corrected chi connectivity index (χ3v) is 4.99. The highest BCUT2D eigenvalue weighted by Crippen LogP contribution is 2.25. The molecule has 2 aromatic rings. The normalized spacial score (nSPS) is 10.7. The molecule has 134 valence electrons. The van der Waals surface area contributed by atoms with Gasteiger partial charge in [0, 0.05) is 30.0 Å². The average Bonchev–Trinajstić information content (AvgIpc) is 3.02. The summed E-state index contributed by atoms with van der Waals surface area (Å²) >= 11 is 2.83. The first-order valence-corrected chi connectivity index (χ1v) is 9.47. The molecule has 0 bridgehead atoms. The Balaban J connectivity index is 1.97. The summed E-state index contributed by atoms with van der Waals surface area (Å²) in [6.07, 6.45) is 0. The van der Waals surface area contributed by atoms with Gasteiger partial charge in [-0.15, -0.1) is 10.2 Å². The number of methoxy groups -OCH3 is 1. The third kappa shape index (κ3) is 6.11. The molecule has 9 heteroatoms. The van der Waals surface area contributed by atoms with Crippen LogP contribution in [0.3, 0.4) is 0 Å². The Bertz CT molecular complexity index is 734. The molecular weight excluding hydrogens is 360 g/mol. The number of carbonyl (C=O) groups excluding carboxylic acids is 2. The van der Waals surface area contributed by atoms with E-state index in [0.29, 0.717) is 23.0 Å². The maximum Gasteiger partial charge on any atom is 0.257 e. The van der Waals surface area contributed by atoms with Gasteiger partial charge in [0.2, 0.25) is 11.0 Å². The molecule has 25 heavy (non-hydrogen) atoms. The van der Waals surface area contributed by atoms with Crippen LogP contribution in [0.2, 0.25) is 0 Å². The molecule has 0 aliphatic rings. The highest BCUT2D eigenvalue weighted by molar-refractivity contribution is 8.01. The molecule has 0 saturated carbocycles. The van der Waals surface area contributed by atoms with Gasteiger partial charge in [-0.3, -0.25) is 14.9 Å². The van der Waals surface area contributed by atoms with Crippen molar-refractivity contribution in [3.05, 3.63) is 29.8 Å². The Morgan fingerprint density at radius 2 is 2.08 bits per heavy atom. The lowest BCUT2D eigenvalue weighted by molar-refractivity contribution is -0.118. The molecule has 7 nitrogen and oxygen atoms in total. The second kappa shape index (κ2) is 9.50. The number of carbonyl (C=O) groups is 2. The lowest BCUT2D eigenvalue weighted by atomic mass is 10.1. The maximum absolute atomic E-state index is 12.3. The first kappa shape index (κ1) is 19.4. The van der Waals surface area contributed by atoms with E-state index in [0.717, 1.165) is 10.1 Å². The van der Waals surface area contributed by atoms with Crippen LogP contribution >= 0.6 is 23.1 Å². The molecule has 0 saturated heterocycles. The molecule has 2 rings (SSSR count). The summed E-state index contributed by atoms with van der Waals surface area (Å²) in [4.78, 5) is 24.1. The number of thioether (sulfide) groups is 1. The van der Waals surface area contributed by atoms with Crippen LogP contribution in [0, 0.1) is 5.92 Å². The van der Waals surface area contributed by atoms with Gasteiger partial charge in [-0.05, 0) is 18.2 Å². The summed E-state index contributed by atoms with van der Waals surface area (Å²) in [6.45, 7) is 4.24. The lowest BCUT2D eigenvalue weighted by Crippen LogP contribution is -2.18. The second-order valence-electron chi connectivity index (χ2n) is 5.39. The number of amides is 2. The Morgan fingerprint density at radius 3 is 2.80 bits per heavy atom. The van der Waals surface area contributed by atoms with Crippen molar-refractivity contribution in [3.8, 4) is 0 Å². The van der Waals surface area contributed by atoms with Crippen LogP contribution in [0.4, 0.5) is 10.8 Å². The van der Waals surface area contributed by atoms with Gasteiger partial charge in [0.1, 0.15) is 0 Å². The van der Waals surface area contributed by atoms with Gasteiger partial charge >= 0.3 is 0 Å². The first-order chi connectivity index (χ1) is 12.0. The van der Waals surface area contributed by atoms with Crippen LogP contribution in [0.15, 0.2) is 28.6 Å². The van der Waals surface area contributed by atoms with E-state index in [9.17, 15) is 9.59 Å². The number of hydrogen-bond donors (Lipinski definition) is 2. The van der Waals surface area contributed by atoms with Crippen LogP contribution in [0.25, 0.3) is 0 Å². The summed E-state index contributed by atoms with van der Waals surface area (Å²) in [6, 6.07) is 6.77. The Hall–Kier alpha value is -1.97. The monoisotopic (exact) mass is 380 g/mol. The molecule has 1 aromatic heterocycles.